The minimum Gasteiger partial charge on any atom is -0.475 e. The fourth-order valence-electron chi connectivity index (χ4n) is 2.45. The van der Waals surface area contributed by atoms with E-state index < -0.39 is 5.97 Å². The van der Waals surface area contributed by atoms with Crippen molar-refractivity contribution in [3.05, 3.63) is 23.7 Å². The van der Waals surface area contributed by atoms with Gasteiger partial charge in [0.1, 0.15) is 5.76 Å². The molecule has 1 saturated heterocycles. The molecular weight excluding hydrogens is 232 g/mol. The van der Waals surface area contributed by atoms with Crippen LogP contribution in [-0.2, 0) is 6.54 Å². The van der Waals surface area contributed by atoms with Gasteiger partial charge in [0.25, 0.3) is 0 Å². The lowest BCUT2D eigenvalue weighted by Gasteiger charge is -2.37. The standard InChI is InChI=1S/C13H20N2O3/c1-9-2-3-10(6-14)7-15(9)8-11-4-5-12(18-11)13(16)17/h4-5,9-10H,2-3,6-8,14H2,1H3,(H,16,17). The smallest absolute Gasteiger partial charge is 0.371 e. The number of furan rings is 1. The fraction of sp³-hybridized carbons (Fsp3) is 0.615. The lowest BCUT2D eigenvalue weighted by atomic mass is 9.93. The Labute approximate surface area is 107 Å². The molecule has 2 unspecified atom stereocenters. The molecule has 2 heterocycles. The molecule has 1 aliphatic rings. The van der Waals surface area contributed by atoms with Crippen LogP contribution in [0.3, 0.4) is 0 Å². The van der Waals surface area contributed by atoms with Gasteiger partial charge in [0.15, 0.2) is 0 Å². The van der Waals surface area contributed by atoms with E-state index in [9.17, 15) is 4.79 Å². The number of hydrogen-bond acceptors (Lipinski definition) is 4. The van der Waals surface area contributed by atoms with Gasteiger partial charge in [0, 0.05) is 12.6 Å². The van der Waals surface area contributed by atoms with E-state index >= 15 is 0 Å². The average Bonchev–Trinajstić information content (AvgIpc) is 2.81. The van der Waals surface area contributed by atoms with Crippen molar-refractivity contribution in [1.82, 2.24) is 4.90 Å². The van der Waals surface area contributed by atoms with E-state index in [1.54, 1.807) is 6.07 Å². The van der Waals surface area contributed by atoms with Crippen molar-refractivity contribution >= 4 is 5.97 Å². The van der Waals surface area contributed by atoms with E-state index in [0.29, 0.717) is 30.8 Å². The van der Waals surface area contributed by atoms with E-state index in [1.165, 1.54) is 12.5 Å². The summed E-state index contributed by atoms with van der Waals surface area (Å²) in [5.74, 6) is 0.227. The molecule has 0 aromatic carbocycles. The van der Waals surface area contributed by atoms with Gasteiger partial charge in [-0.3, -0.25) is 4.90 Å². The molecule has 1 aromatic rings. The molecule has 0 amide bonds. The van der Waals surface area contributed by atoms with Crippen LogP contribution in [0.1, 0.15) is 36.1 Å². The Morgan fingerprint density at radius 2 is 2.33 bits per heavy atom. The van der Waals surface area contributed by atoms with Crippen molar-refractivity contribution in [2.45, 2.75) is 32.4 Å². The van der Waals surface area contributed by atoms with E-state index in [0.717, 1.165) is 13.0 Å². The highest BCUT2D eigenvalue weighted by atomic mass is 16.4. The van der Waals surface area contributed by atoms with Gasteiger partial charge in [-0.05, 0) is 44.4 Å². The molecule has 5 nitrogen and oxygen atoms in total. The zero-order chi connectivity index (χ0) is 13.1. The van der Waals surface area contributed by atoms with Crippen LogP contribution < -0.4 is 5.73 Å². The summed E-state index contributed by atoms with van der Waals surface area (Å²) in [6.07, 6.45) is 2.31. The third-order valence-corrected chi connectivity index (χ3v) is 3.67. The number of carboxylic acid groups (broad SMARTS) is 1. The predicted molar refractivity (Wildman–Crippen MR) is 67.3 cm³/mol. The van der Waals surface area contributed by atoms with Crippen LogP contribution >= 0.6 is 0 Å². The summed E-state index contributed by atoms with van der Waals surface area (Å²) in [7, 11) is 0. The van der Waals surface area contributed by atoms with E-state index in [4.69, 9.17) is 15.3 Å². The Kier molecular flexibility index (Phi) is 4.04. The number of carboxylic acids is 1. The Balaban J connectivity index is 2.00. The third-order valence-electron chi connectivity index (χ3n) is 3.67. The van der Waals surface area contributed by atoms with Gasteiger partial charge in [0.05, 0.1) is 6.54 Å². The van der Waals surface area contributed by atoms with Crippen molar-refractivity contribution in [2.75, 3.05) is 13.1 Å². The van der Waals surface area contributed by atoms with Crippen LogP contribution in [0, 0.1) is 5.92 Å². The second-order valence-corrected chi connectivity index (χ2v) is 5.03. The lowest BCUT2D eigenvalue weighted by Crippen LogP contribution is -2.43. The molecule has 0 saturated carbocycles. The summed E-state index contributed by atoms with van der Waals surface area (Å²) in [6, 6.07) is 3.74. The summed E-state index contributed by atoms with van der Waals surface area (Å²) in [6.45, 7) is 4.52. The number of likely N-dealkylation sites (tertiary alicyclic amines) is 1. The van der Waals surface area contributed by atoms with Gasteiger partial charge in [-0.15, -0.1) is 0 Å². The number of hydrogen-bond donors (Lipinski definition) is 2. The molecule has 2 atom stereocenters. The van der Waals surface area contributed by atoms with Gasteiger partial charge in [0.2, 0.25) is 5.76 Å². The van der Waals surface area contributed by atoms with Crippen molar-refractivity contribution in [3.8, 4) is 0 Å². The maximum atomic E-state index is 10.7. The average molecular weight is 252 g/mol. The molecule has 1 aromatic heterocycles. The summed E-state index contributed by atoms with van der Waals surface area (Å²) in [4.78, 5) is 13.1. The maximum absolute atomic E-state index is 10.7. The number of aromatic carboxylic acids is 1. The van der Waals surface area contributed by atoms with Gasteiger partial charge < -0.3 is 15.3 Å². The minimum atomic E-state index is -1.02. The normalized spacial score (nSPS) is 25.2. The quantitative estimate of drug-likeness (QED) is 0.849. The van der Waals surface area contributed by atoms with Gasteiger partial charge in [-0.2, -0.15) is 0 Å². The molecule has 0 aliphatic carbocycles. The number of carbonyl (C=O) groups is 1. The van der Waals surface area contributed by atoms with Crippen LogP contribution in [0.2, 0.25) is 0 Å². The fourth-order valence-corrected chi connectivity index (χ4v) is 2.45. The molecular formula is C13H20N2O3. The summed E-state index contributed by atoms with van der Waals surface area (Å²) < 4.78 is 5.29. The second kappa shape index (κ2) is 5.54. The number of piperidine rings is 1. The molecule has 3 N–H and O–H groups in total. The van der Waals surface area contributed by atoms with Crippen molar-refractivity contribution < 1.29 is 14.3 Å². The third kappa shape index (κ3) is 2.91. The number of nitrogens with two attached hydrogens (primary N) is 1. The van der Waals surface area contributed by atoms with E-state index in [1.807, 2.05) is 0 Å². The van der Waals surface area contributed by atoms with Crippen molar-refractivity contribution in [1.29, 1.82) is 0 Å². The Bertz CT molecular complexity index is 416. The highest BCUT2D eigenvalue weighted by molar-refractivity contribution is 5.84. The Hall–Kier alpha value is -1.33. The first-order chi connectivity index (χ1) is 8.60. The zero-order valence-corrected chi connectivity index (χ0v) is 10.6. The SMILES string of the molecule is CC1CCC(CN)CN1Cc1ccc(C(=O)O)o1. The Morgan fingerprint density at radius 1 is 1.56 bits per heavy atom. The van der Waals surface area contributed by atoms with Crippen molar-refractivity contribution in [2.24, 2.45) is 11.7 Å². The molecule has 100 valence electrons. The minimum absolute atomic E-state index is 0.00466. The first-order valence-corrected chi connectivity index (χ1v) is 6.36. The van der Waals surface area contributed by atoms with Gasteiger partial charge in [-0.1, -0.05) is 0 Å². The summed E-state index contributed by atoms with van der Waals surface area (Å²) >= 11 is 0. The largest absolute Gasteiger partial charge is 0.475 e. The maximum Gasteiger partial charge on any atom is 0.371 e. The zero-order valence-electron chi connectivity index (χ0n) is 10.6. The predicted octanol–water partition coefficient (Wildman–Crippen LogP) is 1.54. The van der Waals surface area contributed by atoms with Gasteiger partial charge in [-0.25, -0.2) is 4.79 Å². The Morgan fingerprint density at radius 3 is 2.94 bits per heavy atom. The molecule has 1 fully saturated rings. The van der Waals surface area contributed by atoms with Crippen molar-refractivity contribution in [3.63, 3.8) is 0 Å². The number of nitrogens with zero attached hydrogens (tertiary/aromatic N) is 1. The van der Waals surface area contributed by atoms with E-state index in [2.05, 4.69) is 11.8 Å². The van der Waals surface area contributed by atoms with Gasteiger partial charge >= 0.3 is 5.97 Å². The molecule has 2 rings (SSSR count). The highest BCUT2D eigenvalue weighted by Crippen LogP contribution is 2.23. The van der Waals surface area contributed by atoms with E-state index in [-0.39, 0.29) is 5.76 Å². The second-order valence-electron chi connectivity index (χ2n) is 5.03. The molecule has 18 heavy (non-hydrogen) atoms. The molecule has 1 aliphatic heterocycles. The van der Waals surface area contributed by atoms with Crippen LogP contribution in [0.25, 0.3) is 0 Å². The molecule has 0 spiro atoms. The van der Waals surface area contributed by atoms with Crippen LogP contribution in [0.4, 0.5) is 0 Å². The first-order valence-electron chi connectivity index (χ1n) is 6.36. The first kappa shape index (κ1) is 13.1. The molecule has 5 heteroatoms. The topological polar surface area (TPSA) is 79.7 Å². The summed E-state index contributed by atoms with van der Waals surface area (Å²) in [5.41, 5.74) is 5.72. The molecule has 0 radical (unpaired) electrons. The number of rotatable bonds is 4. The monoisotopic (exact) mass is 252 g/mol. The molecule has 0 bridgehead atoms. The van der Waals surface area contributed by atoms with Crippen LogP contribution in [0.15, 0.2) is 16.5 Å². The van der Waals surface area contributed by atoms with Crippen LogP contribution in [0.5, 0.6) is 0 Å². The summed E-state index contributed by atoms with van der Waals surface area (Å²) in [5, 5.41) is 8.81. The lowest BCUT2D eigenvalue weighted by molar-refractivity contribution is 0.0652. The highest BCUT2D eigenvalue weighted by Gasteiger charge is 2.25. The van der Waals surface area contributed by atoms with Crippen LogP contribution in [-0.4, -0.2) is 35.1 Å².